The van der Waals surface area contributed by atoms with Crippen LogP contribution in [0, 0.1) is 23.7 Å². The van der Waals surface area contributed by atoms with Gasteiger partial charge >= 0.3 is 0 Å². The highest BCUT2D eigenvalue weighted by atomic mass is 16.1. The molecule has 0 aromatic carbocycles. The van der Waals surface area contributed by atoms with Crippen LogP contribution in [0.5, 0.6) is 0 Å². The largest absolute Gasteiger partial charge is 0.299 e. The molecule has 0 heterocycles. The molecule has 1 heteroatoms. The van der Waals surface area contributed by atoms with E-state index in [2.05, 4.69) is 27.7 Å². The fourth-order valence-electron chi connectivity index (χ4n) is 3.50. The van der Waals surface area contributed by atoms with Crippen molar-refractivity contribution >= 4 is 5.78 Å². The Bertz CT molecular complexity index is 234. The summed E-state index contributed by atoms with van der Waals surface area (Å²) >= 11 is 0. The molecule has 0 N–H and O–H groups in total. The zero-order valence-corrected chi connectivity index (χ0v) is 12.2. The summed E-state index contributed by atoms with van der Waals surface area (Å²) in [5, 5.41) is 0. The first-order valence-electron chi connectivity index (χ1n) is 7.62. The molecule has 0 amide bonds. The molecule has 17 heavy (non-hydrogen) atoms. The van der Waals surface area contributed by atoms with Crippen molar-refractivity contribution in [3.63, 3.8) is 0 Å². The Morgan fingerprint density at radius 1 is 1.12 bits per heavy atom. The molecule has 0 saturated heterocycles. The first kappa shape index (κ1) is 14.7. The van der Waals surface area contributed by atoms with E-state index in [1.165, 1.54) is 32.1 Å². The molecule has 100 valence electrons. The van der Waals surface area contributed by atoms with Crippen LogP contribution >= 0.6 is 0 Å². The molecule has 0 aliphatic heterocycles. The van der Waals surface area contributed by atoms with E-state index >= 15 is 0 Å². The van der Waals surface area contributed by atoms with Crippen molar-refractivity contribution in [1.29, 1.82) is 0 Å². The summed E-state index contributed by atoms with van der Waals surface area (Å²) in [5.41, 5.74) is 0. The minimum Gasteiger partial charge on any atom is -0.299 e. The van der Waals surface area contributed by atoms with Gasteiger partial charge in [0.05, 0.1) is 0 Å². The minimum absolute atomic E-state index is 0.369. The minimum atomic E-state index is 0.369. The van der Waals surface area contributed by atoms with E-state index in [0.717, 1.165) is 24.7 Å². The lowest BCUT2D eigenvalue weighted by atomic mass is 9.69. The first-order chi connectivity index (χ1) is 8.10. The number of rotatable bonds is 6. The van der Waals surface area contributed by atoms with E-state index in [0.29, 0.717) is 17.6 Å². The Balaban J connectivity index is 2.55. The van der Waals surface area contributed by atoms with E-state index < -0.39 is 0 Å². The summed E-state index contributed by atoms with van der Waals surface area (Å²) in [6.07, 6.45) is 8.19. The summed E-state index contributed by atoms with van der Waals surface area (Å²) in [7, 11) is 0. The van der Waals surface area contributed by atoms with Gasteiger partial charge in [-0.05, 0) is 30.6 Å². The molecule has 4 atom stereocenters. The quantitative estimate of drug-likeness (QED) is 0.647. The second-order valence-corrected chi connectivity index (χ2v) is 6.14. The van der Waals surface area contributed by atoms with Crippen molar-refractivity contribution in [2.24, 2.45) is 23.7 Å². The Kier molecular flexibility index (Phi) is 6.22. The zero-order chi connectivity index (χ0) is 12.8. The molecule has 1 fully saturated rings. The fraction of sp³-hybridized carbons (Fsp3) is 0.938. The van der Waals surface area contributed by atoms with Crippen LogP contribution in [0.3, 0.4) is 0 Å². The highest BCUT2D eigenvalue weighted by molar-refractivity contribution is 5.82. The summed E-state index contributed by atoms with van der Waals surface area (Å²) < 4.78 is 0. The summed E-state index contributed by atoms with van der Waals surface area (Å²) in [6.45, 7) is 9.15. The topological polar surface area (TPSA) is 17.1 Å². The van der Waals surface area contributed by atoms with Crippen LogP contribution in [0.2, 0.25) is 0 Å². The van der Waals surface area contributed by atoms with Gasteiger partial charge in [0, 0.05) is 12.3 Å². The van der Waals surface area contributed by atoms with Crippen molar-refractivity contribution in [1.82, 2.24) is 0 Å². The molecule has 1 aliphatic rings. The Morgan fingerprint density at radius 2 is 1.71 bits per heavy atom. The van der Waals surface area contributed by atoms with Crippen LogP contribution in [-0.2, 0) is 4.79 Å². The van der Waals surface area contributed by atoms with Crippen molar-refractivity contribution in [2.45, 2.75) is 72.6 Å². The Labute approximate surface area is 107 Å². The van der Waals surface area contributed by atoms with Crippen LogP contribution < -0.4 is 0 Å². The van der Waals surface area contributed by atoms with Gasteiger partial charge in [-0.3, -0.25) is 4.79 Å². The van der Waals surface area contributed by atoms with Crippen LogP contribution in [0.15, 0.2) is 0 Å². The third-order valence-corrected chi connectivity index (χ3v) is 4.71. The van der Waals surface area contributed by atoms with Gasteiger partial charge in [-0.1, -0.05) is 53.4 Å². The maximum Gasteiger partial charge on any atom is 0.136 e. The van der Waals surface area contributed by atoms with Gasteiger partial charge in [0.1, 0.15) is 5.78 Å². The second-order valence-electron chi connectivity index (χ2n) is 6.14. The summed E-state index contributed by atoms with van der Waals surface area (Å²) in [5.74, 6) is 3.13. The SMILES string of the molecule is CCC[C@@H](C)[C@H]1CCC(=O)[C@H]([C@@H](C)CCC)C1. The van der Waals surface area contributed by atoms with Crippen molar-refractivity contribution < 1.29 is 4.79 Å². The van der Waals surface area contributed by atoms with Crippen LogP contribution in [0.4, 0.5) is 0 Å². The number of carbonyl (C=O) groups is 1. The van der Waals surface area contributed by atoms with E-state index in [-0.39, 0.29) is 0 Å². The Hall–Kier alpha value is -0.330. The van der Waals surface area contributed by atoms with Gasteiger partial charge < -0.3 is 0 Å². The van der Waals surface area contributed by atoms with Gasteiger partial charge in [-0.2, -0.15) is 0 Å². The predicted molar refractivity (Wildman–Crippen MR) is 74.0 cm³/mol. The molecule has 0 spiro atoms. The number of carbonyl (C=O) groups excluding carboxylic acids is 1. The van der Waals surface area contributed by atoms with Gasteiger partial charge in [-0.25, -0.2) is 0 Å². The van der Waals surface area contributed by atoms with Crippen molar-refractivity contribution in [3.8, 4) is 0 Å². The van der Waals surface area contributed by atoms with Gasteiger partial charge in [0.2, 0.25) is 0 Å². The molecule has 0 aromatic rings. The van der Waals surface area contributed by atoms with E-state index in [1.54, 1.807) is 0 Å². The number of Topliss-reactive ketones (excluding diaryl/α,β-unsaturated/α-hetero) is 1. The Morgan fingerprint density at radius 3 is 2.29 bits per heavy atom. The number of ketones is 1. The lowest BCUT2D eigenvalue weighted by molar-refractivity contribution is -0.128. The standard InChI is InChI=1S/C16H30O/c1-5-7-12(3)14-9-10-16(17)15(11-14)13(4)8-6-2/h12-15H,5-11H2,1-4H3/t12-,13+,14+,15+/m1/s1. The average Bonchev–Trinajstić information content (AvgIpc) is 2.30. The molecule has 1 aliphatic carbocycles. The number of hydrogen-bond acceptors (Lipinski definition) is 1. The highest BCUT2D eigenvalue weighted by Crippen LogP contribution is 2.37. The lowest BCUT2D eigenvalue weighted by Crippen LogP contribution is -2.32. The van der Waals surface area contributed by atoms with E-state index in [1.807, 2.05) is 0 Å². The third kappa shape index (κ3) is 4.12. The highest BCUT2D eigenvalue weighted by Gasteiger charge is 2.33. The van der Waals surface area contributed by atoms with E-state index in [4.69, 9.17) is 0 Å². The first-order valence-corrected chi connectivity index (χ1v) is 7.62. The maximum absolute atomic E-state index is 12.0. The van der Waals surface area contributed by atoms with Crippen molar-refractivity contribution in [3.05, 3.63) is 0 Å². The molecular weight excluding hydrogens is 208 g/mol. The molecule has 1 nitrogen and oxygen atoms in total. The van der Waals surface area contributed by atoms with Crippen LogP contribution in [0.25, 0.3) is 0 Å². The molecule has 1 saturated carbocycles. The fourth-order valence-corrected chi connectivity index (χ4v) is 3.50. The summed E-state index contributed by atoms with van der Waals surface area (Å²) in [4.78, 5) is 12.0. The zero-order valence-electron chi connectivity index (χ0n) is 12.2. The molecular formula is C16H30O. The van der Waals surface area contributed by atoms with Crippen LogP contribution in [0.1, 0.15) is 72.6 Å². The molecule has 0 aromatic heterocycles. The third-order valence-electron chi connectivity index (χ3n) is 4.71. The molecule has 0 radical (unpaired) electrons. The maximum atomic E-state index is 12.0. The predicted octanol–water partition coefficient (Wildman–Crippen LogP) is 4.84. The summed E-state index contributed by atoms with van der Waals surface area (Å²) in [6, 6.07) is 0. The van der Waals surface area contributed by atoms with Gasteiger partial charge in [0.15, 0.2) is 0 Å². The molecule has 0 unspecified atom stereocenters. The second kappa shape index (κ2) is 7.18. The molecule has 0 bridgehead atoms. The van der Waals surface area contributed by atoms with Gasteiger partial charge in [0.25, 0.3) is 0 Å². The average molecular weight is 238 g/mol. The van der Waals surface area contributed by atoms with Gasteiger partial charge in [-0.15, -0.1) is 0 Å². The normalized spacial score (nSPS) is 29.1. The number of hydrogen-bond donors (Lipinski definition) is 0. The molecule has 1 rings (SSSR count). The van der Waals surface area contributed by atoms with Crippen LogP contribution in [-0.4, -0.2) is 5.78 Å². The lowest BCUT2D eigenvalue weighted by Gasteiger charge is -2.35. The van der Waals surface area contributed by atoms with E-state index in [9.17, 15) is 4.79 Å². The smallest absolute Gasteiger partial charge is 0.136 e. The van der Waals surface area contributed by atoms with Crippen molar-refractivity contribution in [2.75, 3.05) is 0 Å². The monoisotopic (exact) mass is 238 g/mol.